The van der Waals surface area contributed by atoms with Gasteiger partial charge < -0.3 is 9.47 Å². The average Bonchev–Trinajstić information content (AvgIpc) is 2.76. The van der Waals surface area contributed by atoms with Crippen molar-refractivity contribution in [1.29, 1.82) is 0 Å². The molecule has 0 saturated heterocycles. The van der Waals surface area contributed by atoms with Crippen molar-refractivity contribution < 1.29 is 0 Å². The maximum atomic E-state index is 6.00. The Labute approximate surface area is 132 Å². The number of halogens is 1. The largest absolute Gasteiger partial charge is 0.323 e. The Morgan fingerprint density at radius 2 is 2.00 bits per heavy atom. The third-order valence-electron chi connectivity index (χ3n) is 3.97. The monoisotopic (exact) mass is 307 g/mol. The Balaban J connectivity index is 2.62. The van der Waals surface area contributed by atoms with Crippen LogP contribution in [0.4, 0.5) is 0 Å². The van der Waals surface area contributed by atoms with E-state index in [0.29, 0.717) is 17.8 Å². The molecule has 0 spiro atoms. The van der Waals surface area contributed by atoms with Gasteiger partial charge in [-0.25, -0.2) is 4.98 Å². The highest BCUT2D eigenvalue weighted by molar-refractivity contribution is 6.17. The van der Waals surface area contributed by atoms with E-state index in [1.165, 1.54) is 11.1 Å². The molecule has 1 atom stereocenters. The minimum atomic E-state index is 0.407. The minimum Gasteiger partial charge on any atom is -0.323 e. The number of imidazole rings is 1. The van der Waals surface area contributed by atoms with Gasteiger partial charge in [0.1, 0.15) is 5.82 Å². The fourth-order valence-electron chi connectivity index (χ4n) is 2.90. The standard InChI is InChI=1S/C17H26ClN3/c1-12(2)15(11-20(4)5)21-14-8-6-7-13(3)17(14)19-16(21)9-10-18/h6-8,12,15H,9-11H2,1-5H3. The summed E-state index contributed by atoms with van der Waals surface area (Å²) in [5.41, 5.74) is 3.58. The number of aryl methyl sites for hydroxylation is 2. The summed E-state index contributed by atoms with van der Waals surface area (Å²) in [4.78, 5) is 7.12. The highest BCUT2D eigenvalue weighted by Gasteiger charge is 2.22. The number of para-hydroxylation sites is 1. The molecule has 0 saturated carbocycles. The molecule has 21 heavy (non-hydrogen) atoms. The van der Waals surface area contributed by atoms with Crippen LogP contribution in [0.1, 0.15) is 31.3 Å². The fourth-order valence-corrected chi connectivity index (χ4v) is 3.07. The van der Waals surface area contributed by atoms with Crippen molar-refractivity contribution in [2.45, 2.75) is 33.2 Å². The molecular formula is C17H26ClN3. The smallest absolute Gasteiger partial charge is 0.111 e. The van der Waals surface area contributed by atoms with Crippen LogP contribution in [0.15, 0.2) is 18.2 Å². The Morgan fingerprint density at radius 3 is 2.57 bits per heavy atom. The molecule has 2 aromatic rings. The van der Waals surface area contributed by atoms with Gasteiger partial charge in [-0.05, 0) is 38.6 Å². The molecule has 0 bridgehead atoms. The molecule has 0 N–H and O–H groups in total. The Hall–Kier alpha value is -1.06. The van der Waals surface area contributed by atoms with Gasteiger partial charge >= 0.3 is 0 Å². The van der Waals surface area contributed by atoms with E-state index in [1.54, 1.807) is 0 Å². The second-order valence-electron chi connectivity index (χ2n) is 6.35. The van der Waals surface area contributed by atoms with Crippen LogP contribution >= 0.6 is 11.6 Å². The van der Waals surface area contributed by atoms with Crippen LogP contribution < -0.4 is 0 Å². The number of aromatic nitrogens is 2. The summed E-state index contributed by atoms with van der Waals surface area (Å²) in [6, 6.07) is 6.83. The third-order valence-corrected chi connectivity index (χ3v) is 4.16. The van der Waals surface area contributed by atoms with Crippen molar-refractivity contribution in [2.75, 3.05) is 26.5 Å². The van der Waals surface area contributed by atoms with E-state index in [2.05, 4.69) is 62.5 Å². The molecule has 4 heteroatoms. The molecule has 0 aliphatic rings. The average molecular weight is 308 g/mol. The van der Waals surface area contributed by atoms with Crippen LogP contribution in [-0.2, 0) is 6.42 Å². The number of nitrogens with zero attached hydrogens (tertiary/aromatic N) is 3. The summed E-state index contributed by atoms with van der Waals surface area (Å²) < 4.78 is 2.41. The highest BCUT2D eigenvalue weighted by atomic mass is 35.5. The Bertz CT molecular complexity index is 601. The lowest BCUT2D eigenvalue weighted by atomic mass is 10.0. The molecule has 1 heterocycles. The molecule has 2 rings (SSSR count). The lowest BCUT2D eigenvalue weighted by Crippen LogP contribution is -2.29. The van der Waals surface area contributed by atoms with E-state index in [4.69, 9.17) is 16.6 Å². The van der Waals surface area contributed by atoms with E-state index in [9.17, 15) is 0 Å². The van der Waals surface area contributed by atoms with Gasteiger partial charge in [-0.1, -0.05) is 26.0 Å². The summed E-state index contributed by atoms with van der Waals surface area (Å²) in [5, 5.41) is 0. The predicted molar refractivity (Wildman–Crippen MR) is 91.3 cm³/mol. The topological polar surface area (TPSA) is 21.1 Å². The normalized spacial score (nSPS) is 13.5. The van der Waals surface area contributed by atoms with E-state index in [-0.39, 0.29) is 0 Å². The first-order valence-corrected chi connectivity index (χ1v) is 8.16. The van der Waals surface area contributed by atoms with Gasteiger partial charge in [0.15, 0.2) is 0 Å². The highest BCUT2D eigenvalue weighted by Crippen LogP contribution is 2.28. The number of alkyl halides is 1. The summed E-state index contributed by atoms with van der Waals surface area (Å²) in [6.07, 6.45) is 0.812. The van der Waals surface area contributed by atoms with Crippen molar-refractivity contribution in [1.82, 2.24) is 14.5 Å². The zero-order chi connectivity index (χ0) is 15.6. The molecule has 0 radical (unpaired) electrons. The van der Waals surface area contributed by atoms with E-state index in [1.807, 2.05) is 0 Å². The van der Waals surface area contributed by atoms with E-state index < -0.39 is 0 Å². The van der Waals surface area contributed by atoms with Crippen LogP contribution in [0.2, 0.25) is 0 Å². The molecule has 1 unspecified atom stereocenters. The quantitative estimate of drug-likeness (QED) is 0.755. The molecule has 0 aliphatic heterocycles. The van der Waals surface area contributed by atoms with Crippen LogP contribution in [0.25, 0.3) is 11.0 Å². The number of hydrogen-bond donors (Lipinski definition) is 0. The van der Waals surface area contributed by atoms with Gasteiger partial charge in [-0.3, -0.25) is 0 Å². The van der Waals surface area contributed by atoms with Gasteiger partial charge in [-0.2, -0.15) is 0 Å². The summed E-state index contributed by atoms with van der Waals surface area (Å²) >= 11 is 6.00. The number of fused-ring (bicyclic) bond motifs is 1. The second-order valence-corrected chi connectivity index (χ2v) is 6.73. The number of hydrogen-bond acceptors (Lipinski definition) is 2. The molecule has 0 amide bonds. The molecular weight excluding hydrogens is 282 g/mol. The van der Waals surface area contributed by atoms with Gasteiger partial charge in [0.25, 0.3) is 0 Å². The second kappa shape index (κ2) is 6.80. The van der Waals surface area contributed by atoms with Crippen LogP contribution in [0, 0.1) is 12.8 Å². The molecule has 3 nitrogen and oxygen atoms in total. The Morgan fingerprint density at radius 1 is 1.29 bits per heavy atom. The van der Waals surface area contributed by atoms with Crippen LogP contribution in [-0.4, -0.2) is 41.0 Å². The van der Waals surface area contributed by atoms with Crippen molar-refractivity contribution in [2.24, 2.45) is 5.92 Å². The molecule has 116 valence electrons. The maximum absolute atomic E-state index is 6.00. The lowest BCUT2D eigenvalue weighted by Gasteiger charge is -2.28. The third kappa shape index (κ3) is 3.41. The van der Waals surface area contributed by atoms with Gasteiger partial charge in [0.2, 0.25) is 0 Å². The first kappa shape index (κ1) is 16.3. The van der Waals surface area contributed by atoms with Gasteiger partial charge in [0, 0.05) is 18.8 Å². The van der Waals surface area contributed by atoms with Crippen LogP contribution in [0.3, 0.4) is 0 Å². The number of rotatable bonds is 6. The summed E-state index contributed by atoms with van der Waals surface area (Å²) in [5.74, 6) is 2.25. The number of likely N-dealkylation sites (N-methyl/N-ethyl adjacent to an activating group) is 1. The predicted octanol–water partition coefficient (Wildman–Crippen LogP) is 3.88. The van der Waals surface area contributed by atoms with E-state index >= 15 is 0 Å². The fraction of sp³-hybridized carbons (Fsp3) is 0.588. The van der Waals surface area contributed by atoms with Crippen molar-refractivity contribution in [3.8, 4) is 0 Å². The maximum Gasteiger partial charge on any atom is 0.111 e. The Kier molecular flexibility index (Phi) is 5.28. The molecule has 1 aromatic carbocycles. The molecule has 0 fully saturated rings. The lowest BCUT2D eigenvalue weighted by molar-refractivity contribution is 0.269. The summed E-state index contributed by atoms with van der Waals surface area (Å²) in [6.45, 7) is 7.69. The molecule has 0 aliphatic carbocycles. The first-order valence-electron chi connectivity index (χ1n) is 7.62. The zero-order valence-corrected chi connectivity index (χ0v) is 14.5. The van der Waals surface area contributed by atoms with Gasteiger partial charge in [-0.15, -0.1) is 11.6 Å². The zero-order valence-electron chi connectivity index (χ0n) is 13.7. The SMILES string of the molecule is Cc1cccc2c1nc(CCCl)n2C(CN(C)C)C(C)C. The first-order chi connectivity index (χ1) is 9.95. The van der Waals surface area contributed by atoms with Gasteiger partial charge in [0.05, 0.1) is 17.1 Å². The van der Waals surface area contributed by atoms with Crippen molar-refractivity contribution >= 4 is 22.6 Å². The summed E-state index contributed by atoms with van der Waals surface area (Å²) in [7, 11) is 4.25. The van der Waals surface area contributed by atoms with E-state index in [0.717, 1.165) is 24.3 Å². The number of benzene rings is 1. The van der Waals surface area contributed by atoms with Crippen molar-refractivity contribution in [3.05, 3.63) is 29.6 Å². The minimum absolute atomic E-state index is 0.407. The van der Waals surface area contributed by atoms with Crippen LogP contribution in [0.5, 0.6) is 0 Å². The molecule has 1 aromatic heterocycles. The van der Waals surface area contributed by atoms with Crippen molar-refractivity contribution in [3.63, 3.8) is 0 Å².